The summed E-state index contributed by atoms with van der Waals surface area (Å²) in [6, 6.07) is 8.49. The van der Waals surface area contributed by atoms with Gasteiger partial charge in [-0.3, -0.25) is 4.79 Å². The fraction of sp³-hybridized carbons (Fsp3) is 0.381. The number of aryl methyl sites for hydroxylation is 3. The van der Waals surface area contributed by atoms with E-state index in [0.29, 0.717) is 17.0 Å². The number of carbonyl (C=O) groups excluding carboxylic acids is 1. The molecular formula is C21H25F2NO2. The molecular weight excluding hydrogens is 336 g/mol. The lowest BCUT2D eigenvalue weighted by atomic mass is 10.0. The number of ether oxygens (including phenoxy) is 1. The molecule has 0 fully saturated rings. The molecule has 0 atom stereocenters. The molecule has 0 saturated carbocycles. The normalized spacial score (nSPS) is 10.9. The van der Waals surface area contributed by atoms with Gasteiger partial charge in [-0.05, 0) is 49.1 Å². The standard InChI is InChI=1S/C21H25F2NO2/c1-5-15-10-14(4)19(11-13(15)3)26-12-17-16(21(22)23)8-7-9-18(17)24-20(25)6-2/h7-11,21H,5-6,12H2,1-4H3,(H,24,25). The third kappa shape index (κ3) is 4.59. The largest absolute Gasteiger partial charge is 0.489 e. The van der Waals surface area contributed by atoms with Gasteiger partial charge in [0.15, 0.2) is 0 Å². The Morgan fingerprint density at radius 3 is 2.50 bits per heavy atom. The molecule has 0 bridgehead atoms. The van der Waals surface area contributed by atoms with Crippen LogP contribution in [0.5, 0.6) is 5.75 Å². The van der Waals surface area contributed by atoms with Gasteiger partial charge < -0.3 is 10.1 Å². The zero-order valence-electron chi connectivity index (χ0n) is 15.7. The van der Waals surface area contributed by atoms with Gasteiger partial charge in [-0.1, -0.05) is 32.0 Å². The second kappa shape index (κ2) is 8.79. The van der Waals surface area contributed by atoms with E-state index in [0.717, 1.165) is 17.5 Å². The molecule has 1 amide bonds. The molecule has 26 heavy (non-hydrogen) atoms. The summed E-state index contributed by atoms with van der Waals surface area (Å²) in [6.07, 6.45) is -1.44. The van der Waals surface area contributed by atoms with Gasteiger partial charge in [0.1, 0.15) is 12.4 Å². The Labute approximate surface area is 153 Å². The lowest BCUT2D eigenvalue weighted by Crippen LogP contribution is -2.14. The van der Waals surface area contributed by atoms with Crippen molar-refractivity contribution in [2.24, 2.45) is 0 Å². The van der Waals surface area contributed by atoms with Gasteiger partial charge in [0, 0.05) is 23.2 Å². The summed E-state index contributed by atoms with van der Waals surface area (Å²) < 4.78 is 32.7. The van der Waals surface area contributed by atoms with E-state index >= 15 is 0 Å². The first-order valence-electron chi connectivity index (χ1n) is 8.80. The van der Waals surface area contributed by atoms with E-state index in [4.69, 9.17) is 4.74 Å². The number of nitrogens with one attached hydrogen (secondary N) is 1. The average molecular weight is 361 g/mol. The van der Waals surface area contributed by atoms with Crippen LogP contribution in [0.4, 0.5) is 14.5 Å². The maximum atomic E-state index is 13.4. The van der Waals surface area contributed by atoms with Crippen molar-refractivity contribution in [1.29, 1.82) is 0 Å². The van der Waals surface area contributed by atoms with Crippen molar-refractivity contribution in [1.82, 2.24) is 0 Å². The highest BCUT2D eigenvalue weighted by atomic mass is 19.3. The Hall–Kier alpha value is -2.43. The maximum Gasteiger partial charge on any atom is 0.264 e. The first-order valence-corrected chi connectivity index (χ1v) is 8.80. The van der Waals surface area contributed by atoms with Gasteiger partial charge in [0.05, 0.1) is 0 Å². The van der Waals surface area contributed by atoms with Gasteiger partial charge >= 0.3 is 0 Å². The summed E-state index contributed by atoms with van der Waals surface area (Å²) >= 11 is 0. The molecule has 0 heterocycles. The van der Waals surface area contributed by atoms with Crippen molar-refractivity contribution < 1.29 is 18.3 Å². The second-order valence-electron chi connectivity index (χ2n) is 6.26. The number of benzene rings is 2. The number of halogens is 2. The predicted molar refractivity (Wildman–Crippen MR) is 99.9 cm³/mol. The Morgan fingerprint density at radius 2 is 1.88 bits per heavy atom. The van der Waals surface area contributed by atoms with Gasteiger partial charge in [-0.15, -0.1) is 0 Å². The molecule has 0 aromatic heterocycles. The molecule has 0 radical (unpaired) electrons. The fourth-order valence-corrected chi connectivity index (χ4v) is 2.86. The average Bonchev–Trinajstić information content (AvgIpc) is 2.62. The third-order valence-corrected chi connectivity index (χ3v) is 4.43. The minimum atomic E-state index is -2.64. The topological polar surface area (TPSA) is 38.3 Å². The Morgan fingerprint density at radius 1 is 1.15 bits per heavy atom. The highest BCUT2D eigenvalue weighted by Crippen LogP contribution is 2.31. The number of hydrogen-bond acceptors (Lipinski definition) is 2. The molecule has 0 aliphatic rings. The molecule has 3 nitrogen and oxygen atoms in total. The summed E-state index contributed by atoms with van der Waals surface area (Å²) in [5.74, 6) is 0.438. The molecule has 2 aromatic carbocycles. The van der Waals surface area contributed by atoms with Crippen LogP contribution in [0.3, 0.4) is 0 Å². The van der Waals surface area contributed by atoms with Crippen molar-refractivity contribution in [3.63, 3.8) is 0 Å². The van der Waals surface area contributed by atoms with E-state index in [2.05, 4.69) is 18.3 Å². The highest BCUT2D eigenvalue weighted by Gasteiger charge is 2.18. The number of anilines is 1. The van der Waals surface area contributed by atoms with E-state index in [1.54, 1.807) is 13.0 Å². The first-order chi connectivity index (χ1) is 12.4. The van der Waals surface area contributed by atoms with Gasteiger partial charge in [-0.25, -0.2) is 8.78 Å². The number of rotatable bonds is 7. The summed E-state index contributed by atoms with van der Waals surface area (Å²) in [6.45, 7) is 7.71. The molecule has 2 rings (SSSR count). The van der Waals surface area contributed by atoms with Crippen molar-refractivity contribution in [2.45, 2.75) is 53.6 Å². The van der Waals surface area contributed by atoms with Crippen molar-refractivity contribution in [3.8, 4) is 5.75 Å². The van der Waals surface area contributed by atoms with Crippen LogP contribution in [0.1, 0.15) is 54.5 Å². The lowest BCUT2D eigenvalue weighted by Gasteiger charge is -2.18. The van der Waals surface area contributed by atoms with Crippen molar-refractivity contribution in [2.75, 3.05) is 5.32 Å². The highest BCUT2D eigenvalue weighted by molar-refractivity contribution is 5.91. The van der Waals surface area contributed by atoms with Crippen LogP contribution < -0.4 is 10.1 Å². The zero-order chi connectivity index (χ0) is 19.3. The van der Waals surface area contributed by atoms with Crippen LogP contribution in [-0.2, 0) is 17.8 Å². The summed E-state index contributed by atoms with van der Waals surface area (Å²) in [4.78, 5) is 11.7. The molecule has 0 saturated heterocycles. The molecule has 0 aliphatic carbocycles. The van der Waals surface area contributed by atoms with Gasteiger partial charge in [-0.2, -0.15) is 0 Å². The predicted octanol–water partition coefficient (Wildman–Crippen LogP) is 5.73. The van der Waals surface area contributed by atoms with Crippen LogP contribution in [0.2, 0.25) is 0 Å². The van der Waals surface area contributed by atoms with E-state index in [-0.39, 0.29) is 24.5 Å². The Bertz CT molecular complexity index is 788. The fourth-order valence-electron chi connectivity index (χ4n) is 2.86. The van der Waals surface area contributed by atoms with Crippen molar-refractivity contribution >= 4 is 11.6 Å². The van der Waals surface area contributed by atoms with Gasteiger partial charge in [0.25, 0.3) is 6.43 Å². The van der Waals surface area contributed by atoms with E-state index in [1.807, 2.05) is 19.9 Å². The number of carbonyl (C=O) groups is 1. The Balaban J connectivity index is 2.33. The van der Waals surface area contributed by atoms with E-state index in [9.17, 15) is 13.6 Å². The van der Waals surface area contributed by atoms with Crippen LogP contribution in [-0.4, -0.2) is 5.91 Å². The SMILES string of the molecule is CCC(=O)Nc1cccc(C(F)F)c1COc1cc(C)c(CC)cc1C. The molecule has 5 heteroatoms. The molecule has 0 aliphatic heterocycles. The molecule has 0 unspecified atom stereocenters. The molecule has 2 aromatic rings. The zero-order valence-corrected chi connectivity index (χ0v) is 15.7. The number of amides is 1. The summed E-state index contributed by atoms with van der Waals surface area (Å²) in [7, 11) is 0. The van der Waals surface area contributed by atoms with E-state index in [1.165, 1.54) is 17.7 Å². The smallest absolute Gasteiger partial charge is 0.264 e. The molecule has 1 N–H and O–H groups in total. The van der Waals surface area contributed by atoms with Crippen LogP contribution in [0.25, 0.3) is 0 Å². The van der Waals surface area contributed by atoms with Crippen molar-refractivity contribution in [3.05, 3.63) is 58.1 Å². The minimum absolute atomic E-state index is 0.0361. The molecule has 140 valence electrons. The monoisotopic (exact) mass is 361 g/mol. The summed E-state index contributed by atoms with van der Waals surface area (Å²) in [5.41, 5.74) is 3.85. The summed E-state index contributed by atoms with van der Waals surface area (Å²) in [5, 5.41) is 2.68. The Kier molecular flexibility index (Phi) is 6.72. The van der Waals surface area contributed by atoms with Gasteiger partial charge in [0.2, 0.25) is 5.91 Å². The number of hydrogen-bond donors (Lipinski definition) is 1. The molecule has 0 spiro atoms. The first kappa shape index (κ1) is 19.9. The lowest BCUT2D eigenvalue weighted by molar-refractivity contribution is -0.115. The maximum absolute atomic E-state index is 13.4. The minimum Gasteiger partial charge on any atom is -0.489 e. The van der Waals surface area contributed by atoms with Crippen LogP contribution in [0.15, 0.2) is 30.3 Å². The quantitative estimate of drug-likeness (QED) is 0.684. The third-order valence-electron chi connectivity index (χ3n) is 4.43. The van der Waals surface area contributed by atoms with E-state index < -0.39 is 6.43 Å². The number of alkyl halides is 2. The van der Waals surface area contributed by atoms with Crippen LogP contribution >= 0.6 is 0 Å². The van der Waals surface area contributed by atoms with Crippen LogP contribution in [0, 0.1) is 13.8 Å². The second-order valence-corrected chi connectivity index (χ2v) is 6.26.